The highest BCUT2D eigenvalue weighted by molar-refractivity contribution is 7.99. The molecule has 1 aromatic heterocycles. The Morgan fingerprint density at radius 2 is 2.26 bits per heavy atom. The average molecular weight is 444 g/mol. The number of hydrogen-bond acceptors (Lipinski definition) is 7. The number of ether oxygens (including phenoxy) is 1. The molecule has 0 saturated carbocycles. The number of hydrogen-bond donors (Lipinski definition) is 1. The van der Waals surface area contributed by atoms with E-state index in [4.69, 9.17) is 10.00 Å². The number of carbonyl (C=O) groups is 2. The third-order valence-corrected chi connectivity index (χ3v) is 6.41. The summed E-state index contributed by atoms with van der Waals surface area (Å²) in [6, 6.07) is 8.85. The van der Waals surface area contributed by atoms with Crippen molar-refractivity contribution in [3.63, 3.8) is 0 Å². The van der Waals surface area contributed by atoms with E-state index in [9.17, 15) is 14.0 Å². The number of benzene rings is 1. The van der Waals surface area contributed by atoms with E-state index >= 15 is 0 Å². The Labute approximate surface area is 183 Å². The molecular formula is C21H22FN5O3S. The number of aromatic nitrogens is 1. The van der Waals surface area contributed by atoms with Gasteiger partial charge in [0.2, 0.25) is 5.91 Å². The van der Waals surface area contributed by atoms with Crippen LogP contribution in [0.3, 0.4) is 0 Å². The van der Waals surface area contributed by atoms with Crippen molar-refractivity contribution >= 4 is 40.2 Å². The molecule has 0 bridgehead atoms. The Bertz CT molecular complexity index is 1030. The fourth-order valence-corrected chi connectivity index (χ4v) is 4.83. The summed E-state index contributed by atoms with van der Waals surface area (Å²) in [5.41, 5.74) is 1.92. The Balaban J connectivity index is 1.51. The minimum Gasteiger partial charge on any atom is -0.372 e. The molecule has 2 fully saturated rings. The molecule has 4 rings (SSSR count). The van der Waals surface area contributed by atoms with E-state index in [1.165, 1.54) is 16.7 Å². The maximum atomic E-state index is 13.0. The van der Waals surface area contributed by atoms with Gasteiger partial charge in [0.1, 0.15) is 18.8 Å². The topological polar surface area (TPSA) is 98.6 Å². The van der Waals surface area contributed by atoms with Gasteiger partial charge in [-0.25, -0.2) is 4.39 Å². The van der Waals surface area contributed by atoms with Crippen LogP contribution in [0.1, 0.15) is 10.4 Å². The van der Waals surface area contributed by atoms with Crippen molar-refractivity contribution in [1.29, 1.82) is 5.26 Å². The largest absolute Gasteiger partial charge is 0.372 e. The summed E-state index contributed by atoms with van der Waals surface area (Å²) < 4.78 is 18.4. The molecule has 2 aliphatic rings. The van der Waals surface area contributed by atoms with Gasteiger partial charge in [-0.1, -0.05) is 0 Å². The maximum Gasteiger partial charge on any atom is 0.252 e. The minimum atomic E-state index is -0.546. The smallest absolute Gasteiger partial charge is 0.252 e. The van der Waals surface area contributed by atoms with Crippen molar-refractivity contribution in [3.8, 4) is 6.07 Å². The van der Waals surface area contributed by atoms with Gasteiger partial charge in [-0.3, -0.25) is 14.6 Å². The van der Waals surface area contributed by atoms with Gasteiger partial charge in [0.15, 0.2) is 0 Å². The van der Waals surface area contributed by atoms with Crippen molar-refractivity contribution in [2.24, 2.45) is 0 Å². The second-order valence-electron chi connectivity index (χ2n) is 7.34. The molecule has 0 spiro atoms. The Kier molecular flexibility index (Phi) is 6.53. The van der Waals surface area contributed by atoms with E-state index in [1.54, 1.807) is 12.3 Å². The molecular weight excluding hydrogens is 421 g/mol. The van der Waals surface area contributed by atoms with Gasteiger partial charge in [0.05, 0.1) is 36.2 Å². The van der Waals surface area contributed by atoms with E-state index in [2.05, 4.69) is 16.4 Å². The van der Waals surface area contributed by atoms with Crippen LogP contribution < -0.4 is 10.2 Å². The lowest BCUT2D eigenvalue weighted by molar-refractivity contribution is -0.129. The van der Waals surface area contributed by atoms with Crippen molar-refractivity contribution in [2.75, 3.05) is 49.4 Å². The second-order valence-corrected chi connectivity index (χ2v) is 8.34. The predicted octanol–water partition coefficient (Wildman–Crippen LogP) is 1.56. The Hall–Kier alpha value is -2.90. The molecule has 2 amide bonds. The highest BCUT2D eigenvalue weighted by Gasteiger charge is 2.29. The minimum absolute atomic E-state index is 0.178. The van der Waals surface area contributed by atoms with Crippen LogP contribution in [0.4, 0.5) is 10.1 Å². The maximum absolute atomic E-state index is 13.0. The summed E-state index contributed by atoms with van der Waals surface area (Å²) >= 11 is 1.52. The number of pyridine rings is 1. The number of carbonyl (C=O) groups excluding carboxylic acids is 2. The zero-order valence-corrected chi connectivity index (χ0v) is 17.6. The Morgan fingerprint density at radius 3 is 3.06 bits per heavy atom. The molecule has 10 heteroatoms. The number of morpholine rings is 1. The standard InChI is InChI=1S/C21H22FN5O3S/c22-8-16-11-26(5-6-30-16)14-1-2-19-18(7-14)17(3-4-24-19)21(29)25-10-20(28)27-13-31-12-15(27)9-23/h1-4,7,15-16H,5-6,8,10-13H2,(H,25,29)/t15-,16+/m1/s1. The van der Waals surface area contributed by atoms with E-state index in [-0.39, 0.29) is 18.4 Å². The third kappa shape index (κ3) is 4.57. The number of thioether (sulfide) groups is 1. The Morgan fingerprint density at radius 1 is 1.39 bits per heavy atom. The summed E-state index contributed by atoms with van der Waals surface area (Å²) in [6.45, 7) is 0.782. The van der Waals surface area contributed by atoms with Crippen molar-refractivity contribution < 1.29 is 18.7 Å². The summed E-state index contributed by atoms with van der Waals surface area (Å²) in [7, 11) is 0. The summed E-state index contributed by atoms with van der Waals surface area (Å²) in [4.78, 5) is 33.1. The van der Waals surface area contributed by atoms with Crippen LogP contribution >= 0.6 is 11.8 Å². The number of alkyl halides is 1. The molecule has 8 nitrogen and oxygen atoms in total. The number of halogens is 1. The van der Waals surface area contributed by atoms with Crippen LogP contribution in [0.25, 0.3) is 10.9 Å². The quantitative estimate of drug-likeness (QED) is 0.749. The van der Waals surface area contributed by atoms with Gasteiger partial charge >= 0.3 is 0 Å². The van der Waals surface area contributed by atoms with Crippen LogP contribution in [0.2, 0.25) is 0 Å². The normalized spacial score (nSPS) is 21.2. The van der Waals surface area contributed by atoms with Gasteiger partial charge in [0, 0.05) is 36.1 Å². The van der Waals surface area contributed by atoms with Crippen LogP contribution in [0.5, 0.6) is 0 Å². The lowest BCUT2D eigenvalue weighted by Crippen LogP contribution is -2.43. The van der Waals surface area contributed by atoms with Gasteiger partial charge in [-0.05, 0) is 24.3 Å². The van der Waals surface area contributed by atoms with E-state index < -0.39 is 18.8 Å². The second kappa shape index (κ2) is 9.49. The van der Waals surface area contributed by atoms with Crippen LogP contribution in [0.15, 0.2) is 30.5 Å². The van der Waals surface area contributed by atoms with Gasteiger partial charge in [0.25, 0.3) is 5.91 Å². The predicted molar refractivity (Wildman–Crippen MR) is 116 cm³/mol. The number of anilines is 1. The molecule has 0 aliphatic carbocycles. The monoisotopic (exact) mass is 443 g/mol. The van der Waals surface area contributed by atoms with Gasteiger partial charge in [-0.15, -0.1) is 11.8 Å². The van der Waals surface area contributed by atoms with Crippen molar-refractivity contribution in [2.45, 2.75) is 12.1 Å². The lowest BCUT2D eigenvalue weighted by atomic mass is 10.1. The first-order valence-corrected chi connectivity index (χ1v) is 11.1. The number of fused-ring (bicyclic) bond motifs is 1. The highest BCUT2D eigenvalue weighted by atomic mass is 32.2. The molecule has 2 atom stereocenters. The van der Waals surface area contributed by atoms with Crippen LogP contribution in [0, 0.1) is 11.3 Å². The average Bonchev–Trinajstić information content (AvgIpc) is 3.30. The summed E-state index contributed by atoms with van der Waals surface area (Å²) in [5.74, 6) is 0.364. The molecule has 1 N–H and O–H groups in total. The van der Waals surface area contributed by atoms with Crippen LogP contribution in [-0.2, 0) is 9.53 Å². The van der Waals surface area contributed by atoms with E-state index in [0.29, 0.717) is 47.8 Å². The molecule has 1 aromatic carbocycles. The molecule has 0 radical (unpaired) electrons. The van der Waals surface area contributed by atoms with Crippen LogP contribution in [-0.4, -0.2) is 78.4 Å². The fourth-order valence-electron chi connectivity index (χ4n) is 3.72. The number of nitriles is 1. The molecule has 2 aliphatic heterocycles. The first-order valence-electron chi connectivity index (χ1n) is 9.97. The third-order valence-electron chi connectivity index (χ3n) is 5.40. The van der Waals surface area contributed by atoms with Crippen molar-refractivity contribution in [1.82, 2.24) is 15.2 Å². The molecule has 0 unspecified atom stereocenters. The summed E-state index contributed by atoms with van der Waals surface area (Å²) in [6.07, 6.45) is 1.09. The fraction of sp³-hybridized carbons (Fsp3) is 0.429. The van der Waals surface area contributed by atoms with E-state index in [0.717, 1.165) is 5.69 Å². The number of nitrogens with zero attached hydrogens (tertiary/aromatic N) is 4. The molecule has 162 valence electrons. The van der Waals surface area contributed by atoms with Gasteiger partial charge in [-0.2, -0.15) is 5.26 Å². The van der Waals surface area contributed by atoms with Gasteiger partial charge < -0.3 is 19.9 Å². The molecule has 3 heterocycles. The first kappa shape index (κ1) is 21.3. The molecule has 2 aromatic rings. The van der Waals surface area contributed by atoms with Crippen molar-refractivity contribution in [3.05, 3.63) is 36.0 Å². The summed E-state index contributed by atoms with van der Waals surface area (Å²) in [5, 5.41) is 12.5. The first-order chi connectivity index (χ1) is 15.1. The number of rotatable bonds is 5. The lowest BCUT2D eigenvalue weighted by Gasteiger charge is -2.33. The number of nitrogens with one attached hydrogen (secondary N) is 1. The van der Waals surface area contributed by atoms with E-state index in [1.807, 2.05) is 23.1 Å². The zero-order chi connectivity index (χ0) is 21.8. The molecule has 2 saturated heterocycles. The molecule has 31 heavy (non-hydrogen) atoms. The zero-order valence-electron chi connectivity index (χ0n) is 16.8. The highest BCUT2D eigenvalue weighted by Crippen LogP contribution is 2.25. The SMILES string of the molecule is N#C[C@@H]1CSCN1C(=O)CNC(=O)c1ccnc2ccc(N3CCO[C@@H](CF)C3)cc12. The number of amides is 2.